The van der Waals surface area contributed by atoms with Crippen LogP contribution in [0.1, 0.15) is 27.7 Å². The molecule has 0 fully saturated rings. The predicted molar refractivity (Wildman–Crippen MR) is 124 cm³/mol. The van der Waals surface area contributed by atoms with Gasteiger partial charge in [0.15, 0.2) is 16.6 Å². The summed E-state index contributed by atoms with van der Waals surface area (Å²) in [6.07, 6.45) is 3.47. The molecule has 0 saturated carbocycles. The van der Waals surface area contributed by atoms with Crippen molar-refractivity contribution in [3.63, 3.8) is 0 Å². The van der Waals surface area contributed by atoms with Crippen LogP contribution in [0.25, 0.3) is 10.6 Å². The standard InChI is InChI=1S/C23H21N3O3S2/c1-3-28-20-11-17(7-8-19(20)29-13-16-5-4-10-24-12-16)22(27)26-23-25-18(14-30-23)21-9-6-15(2)31-21/h4-12,14H,3,13H2,1-2H3,(H,25,26,27). The minimum Gasteiger partial charge on any atom is -0.490 e. The van der Waals surface area contributed by atoms with Crippen LogP contribution in [0.4, 0.5) is 5.13 Å². The van der Waals surface area contributed by atoms with Gasteiger partial charge in [-0.15, -0.1) is 22.7 Å². The average Bonchev–Trinajstić information content (AvgIpc) is 3.42. The van der Waals surface area contributed by atoms with Crippen LogP contribution in [-0.2, 0) is 6.61 Å². The maximum Gasteiger partial charge on any atom is 0.257 e. The minimum absolute atomic E-state index is 0.247. The Morgan fingerprint density at radius 3 is 2.77 bits per heavy atom. The van der Waals surface area contributed by atoms with Crippen molar-refractivity contribution < 1.29 is 14.3 Å². The second kappa shape index (κ2) is 9.72. The fourth-order valence-corrected chi connectivity index (χ4v) is 4.48. The summed E-state index contributed by atoms with van der Waals surface area (Å²) in [6.45, 7) is 4.78. The first-order valence-corrected chi connectivity index (χ1v) is 11.4. The Hall–Kier alpha value is -3.23. The van der Waals surface area contributed by atoms with E-state index < -0.39 is 0 Å². The first kappa shape index (κ1) is 21.0. The lowest BCUT2D eigenvalue weighted by atomic mass is 10.2. The molecule has 0 aliphatic heterocycles. The molecule has 158 valence electrons. The summed E-state index contributed by atoms with van der Waals surface area (Å²) in [7, 11) is 0. The number of nitrogens with one attached hydrogen (secondary N) is 1. The SMILES string of the molecule is CCOc1cc(C(=O)Nc2nc(-c3ccc(C)s3)cs2)ccc1OCc1cccnc1. The minimum atomic E-state index is -0.247. The van der Waals surface area contributed by atoms with Gasteiger partial charge in [0.2, 0.25) is 0 Å². The zero-order chi connectivity index (χ0) is 21.6. The van der Waals surface area contributed by atoms with E-state index in [1.165, 1.54) is 16.2 Å². The van der Waals surface area contributed by atoms with Crippen LogP contribution in [0.5, 0.6) is 11.5 Å². The highest BCUT2D eigenvalue weighted by molar-refractivity contribution is 7.17. The fraction of sp³-hybridized carbons (Fsp3) is 0.174. The maximum absolute atomic E-state index is 12.8. The molecule has 4 aromatic rings. The number of ether oxygens (including phenoxy) is 2. The number of pyridine rings is 1. The smallest absolute Gasteiger partial charge is 0.257 e. The average molecular weight is 452 g/mol. The van der Waals surface area contributed by atoms with Gasteiger partial charge in [0.05, 0.1) is 17.2 Å². The third kappa shape index (κ3) is 5.28. The van der Waals surface area contributed by atoms with Crippen molar-refractivity contribution >= 4 is 33.7 Å². The molecule has 0 unspecified atom stereocenters. The Bertz CT molecular complexity index is 1170. The second-order valence-electron chi connectivity index (χ2n) is 6.65. The van der Waals surface area contributed by atoms with Gasteiger partial charge in [-0.2, -0.15) is 0 Å². The van der Waals surface area contributed by atoms with E-state index in [0.29, 0.717) is 35.4 Å². The lowest BCUT2D eigenvalue weighted by Crippen LogP contribution is -2.12. The molecule has 3 heterocycles. The van der Waals surface area contributed by atoms with Gasteiger partial charge in [-0.1, -0.05) is 6.07 Å². The van der Waals surface area contributed by atoms with Crippen molar-refractivity contribution in [3.8, 4) is 22.1 Å². The third-order valence-electron chi connectivity index (χ3n) is 4.34. The molecule has 3 aromatic heterocycles. The number of hydrogen-bond acceptors (Lipinski definition) is 7. The zero-order valence-corrected chi connectivity index (χ0v) is 18.8. The number of amides is 1. The number of aryl methyl sites for hydroxylation is 1. The summed E-state index contributed by atoms with van der Waals surface area (Å²) >= 11 is 3.08. The van der Waals surface area contributed by atoms with E-state index in [1.807, 2.05) is 30.5 Å². The van der Waals surface area contributed by atoms with Crippen LogP contribution in [0.2, 0.25) is 0 Å². The fourth-order valence-electron chi connectivity index (χ4n) is 2.87. The number of benzene rings is 1. The van der Waals surface area contributed by atoms with E-state index >= 15 is 0 Å². The summed E-state index contributed by atoms with van der Waals surface area (Å²) in [4.78, 5) is 23.7. The molecule has 4 rings (SSSR count). The van der Waals surface area contributed by atoms with Crippen LogP contribution in [0.15, 0.2) is 60.2 Å². The molecule has 1 amide bonds. The molecule has 1 aromatic carbocycles. The summed E-state index contributed by atoms with van der Waals surface area (Å²) in [5.41, 5.74) is 2.29. The molecule has 0 bridgehead atoms. The topological polar surface area (TPSA) is 73.3 Å². The molecule has 1 N–H and O–H groups in total. The van der Waals surface area contributed by atoms with Crippen molar-refractivity contribution in [2.45, 2.75) is 20.5 Å². The number of anilines is 1. The van der Waals surface area contributed by atoms with Gasteiger partial charge in [-0.05, 0) is 50.2 Å². The van der Waals surface area contributed by atoms with E-state index in [0.717, 1.165) is 16.1 Å². The number of aromatic nitrogens is 2. The molecule has 8 heteroatoms. The molecule has 0 spiro atoms. The van der Waals surface area contributed by atoms with Crippen LogP contribution in [0.3, 0.4) is 0 Å². The first-order chi connectivity index (χ1) is 15.1. The lowest BCUT2D eigenvalue weighted by molar-refractivity contribution is 0.102. The van der Waals surface area contributed by atoms with Gasteiger partial charge in [0, 0.05) is 33.8 Å². The van der Waals surface area contributed by atoms with Crippen LogP contribution >= 0.6 is 22.7 Å². The molecule has 0 radical (unpaired) electrons. The Kier molecular flexibility index (Phi) is 6.59. The summed E-state index contributed by atoms with van der Waals surface area (Å²) in [5, 5.41) is 5.37. The number of thiazole rings is 1. The van der Waals surface area contributed by atoms with Crippen LogP contribution in [-0.4, -0.2) is 22.5 Å². The zero-order valence-electron chi connectivity index (χ0n) is 17.1. The highest BCUT2D eigenvalue weighted by Crippen LogP contribution is 2.32. The number of carbonyl (C=O) groups is 1. The van der Waals surface area contributed by atoms with E-state index in [4.69, 9.17) is 9.47 Å². The molecule has 0 aliphatic rings. The summed E-state index contributed by atoms with van der Waals surface area (Å²) < 4.78 is 11.6. The summed E-state index contributed by atoms with van der Waals surface area (Å²) in [5.74, 6) is 0.850. The van der Waals surface area contributed by atoms with Gasteiger partial charge in [-0.25, -0.2) is 4.98 Å². The lowest BCUT2D eigenvalue weighted by Gasteiger charge is -2.13. The van der Waals surface area contributed by atoms with Crippen molar-refractivity contribution in [1.29, 1.82) is 0 Å². The molecule has 6 nitrogen and oxygen atoms in total. The number of hydrogen-bond donors (Lipinski definition) is 1. The normalized spacial score (nSPS) is 10.6. The predicted octanol–water partition coefficient (Wildman–Crippen LogP) is 5.81. The Labute approximate surface area is 188 Å². The third-order valence-corrected chi connectivity index (χ3v) is 6.12. The van der Waals surface area contributed by atoms with Crippen molar-refractivity contribution in [2.75, 3.05) is 11.9 Å². The second-order valence-corrected chi connectivity index (χ2v) is 8.79. The number of nitrogens with zero attached hydrogens (tertiary/aromatic N) is 2. The van der Waals surface area contributed by atoms with E-state index in [1.54, 1.807) is 41.9 Å². The molecule has 31 heavy (non-hydrogen) atoms. The van der Waals surface area contributed by atoms with E-state index in [9.17, 15) is 4.79 Å². The monoisotopic (exact) mass is 451 g/mol. The van der Waals surface area contributed by atoms with Crippen LogP contribution in [0, 0.1) is 6.92 Å². The highest BCUT2D eigenvalue weighted by Gasteiger charge is 2.14. The van der Waals surface area contributed by atoms with Crippen molar-refractivity contribution in [3.05, 3.63) is 76.2 Å². The number of rotatable bonds is 8. The largest absolute Gasteiger partial charge is 0.490 e. The summed E-state index contributed by atoms with van der Waals surface area (Å²) in [6, 6.07) is 13.1. The Morgan fingerprint density at radius 1 is 1.13 bits per heavy atom. The Balaban J connectivity index is 1.46. The van der Waals surface area contributed by atoms with Gasteiger partial charge >= 0.3 is 0 Å². The van der Waals surface area contributed by atoms with Crippen molar-refractivity contribution in [1.82, 2.24) is 9.97 Å². The van der Waals surface area contributed by atoms with Gasteiger partial charge in [0.1, 0.15) is 6.61 Å². The Morgan fingerprint density at radius 2 is 2.03 bits per heavy atom. The molecule has 0 aliphatic carbocycles. The van der Waals surface area contributed by atoms with E-state index in [-0.39, 0.29) is 5.91 Å². The first-order valence-electron chi connectivity index (χ1n) is 9.74. The molecule has 0 atom stereocenters. The quantitative estimate of drug-likeness (QED) is 0.366. The molecule has 0 saturated heterocycles. The molecular formula is C23H21N3O3S2. The van der Waals surface area contributed by atoms with E-state index in [2.05, 4.69) is 28.3 Å². The molecular weight excluding hydrogens is 430 g/mol. The van der Waals surface area contributed by atoms with Gasteiger partial charge in [0.25, 0.3) is 5.91 Å². The van der Waals surface area contributed by atoms with Gasteiger partial charge < -0.3 is 9.47 Å². The highest BCUT2D eigenvalue weighted by atomic mass is 32.1. The van der Waals surface area contributed by atoms with Gasteiger partial charge in [-0.3, -0.25) is 15.1 Å². The number of thiophene rings is 1. The van der Waals surface area contributed by atoms with Crippen molar-refractivity contribution in [2.24, 2.45) is 0 Å². The number of carbonyl (C=O) groups excluding carboxylic acids is 1. The maximum atomic E-state index is 12.8. The van der Waals surface area contributed by atoms with Crippen LogP contribution < -0.4 is 14.8 Å².